The summed E-state index contributed by atoms with van der Waals surface area (Å²) in [5.41, 5.74) is 3.22. The fourth-order valence-corrected chi connectivity index (χ4v) is 3.26. The van der Waals surface area contributed by atoms with Crippen molar-refractivity contribution >= 4 is 17.7 Å². The van der Waals surface area contributed by atoms with E-state index in [1.807, 2.05) is 55.5 Å². The Balaban J connectivity index is 1.48. The molecule has 0 spiro atoms. The maximum Gasteiger partial charge on any atom is 0.255 e. The molecular formula is C22H23NO4. The molecular weight excluding hydrogens is 342 g/mol. The number of carbonyl (C=O) groups excluding carboxylic acids is 1. The molecule has 1 atom stereocenters. The fraction of sp³-hybridized carbons (Fsp3) is 0.318. The zero-order valence-electron chi connectivity index (χ0n) is 15.4. The van der Waals surface area contributed by atoms with Gasteiger partial charge in [-0.15, -0.1) is 0 Å². The average molecular weight is 365 g/mol. The molecule has 27 heavy (non-hydrogen) atoms. The minimum absolute atomic E-state index is 0.125. The van der Waals surface area contributed by atoms with Gasteiger partial charge in [-0.2, -0.15) is 0 Å². The molecule has 1 saturated heterocycles. The summed E-state index contributed by atoms with van der Waals surface area (Å²) >= 11 is 0. The SMILES string of the molecule is Cc1ccc(NC(=O)C2=Cc3ccccc3OC2)c(OCC2CCCO2)c1. The number of amides is 1. The summed E-state index contributed by atoms with van der Waals surface area (Å²) in [6.07, 6.45) is 4.08. The normalized spacial score (nSPS) is 18.3. The number of nitrogens with one attached hydrogen (secondary N) is 1. The van der Waals surface area contributed by atoms with E-state index in [4.69, 9.17) is 14.2 Å². The molecule has 2 aliphatic rings. The number of hydrogen-bond donors (Lipinski definition) is 1. The van der Waals surface area contributed by atoms with E-state index in [-0.39, 0.29) is 18.6 Å². The quantitative estimate of drug-likeness (QED) is 0.871. The first kappa shape index (κ1) is 17.6. The number of ether oxygens (including phenoxy) is 3. The Morgan fingerprint density at radius 3 is 3.00 bits per heavy atom. The minimum Gasteiger partial charge on any atom is -0.489 e. The summed E-state index contributed by atoms with van der Waals surface area (Å²) in [5.74, 6) is 1.27. The van der Waals surface area contributed by atoms with Crippen molar-refractivity contribution in [3.8, 4) is 11.5 Å². The second-order valence-corrected chi connectivity index (χ2v) is 6.90. The van der Waals surface area contributed by atoms with Crippen LogP contribution in [0.3, 0.4) is 0 Å². The topological polar surface area (TPSA) is 56.8 Å². The first-order valence-electron chi connectivity index (χ1n) is 9.28. The van der Waals surface area contributed by atoms with Crippen LogP contribution < -0.4 is 14.8 Å². The lowest BCUT2D eigenvalue weighted by Gasteiger charge is -2.19. The van der Waals surface area contributed by atoms with E-state index in [1.165, 1.54) is 0 Å². The molecule has 0 bridgehead atoms. The van der Waals surface area contributed by atoms with E-state index < -0.39 is 0 Å². The van der Waals surface area contributed by atoms with Gasteiger partial charge in [0.15, 0.2) is 0 Å². The maximum absolute atomic E-state index is 12.7. The molecule has 2 aliphatic heterocycles. The van der Waals surface area contributed by atoms with Crippen LogP contribution in [0.1, 0.15) is 24.0 Å². The molecule has 2 aromatic rings. The van der Waals surface area contributed by atoms with Crippen LogP contribution >= 0.6 is 0 Å². The highest BCUT2D eigenvalue weighted by atomic mass is 16.5. The second kappa shape index (κ2) is 7.84. The van der Waals surface area contributed by atoms with Crippen LogP contribution in [0.2, 0.25) is 0 Å². The highest BCUT2D eigenvalue weighted by Gasteiger charge is 2.20. The van der Waals surface area contributed by atoms with Crippen molar-refractivity contribution in [1.29, 1.82) is 0 Å². The smallest absolute Gasteiger partial charge is 0.255 e. The summed E-state index contributed by atoms with van der Waals surface area (Å²) in [7, 11) is 0. The summed E-state index contributed by atoms with van der Waals surface area (Å²) in [6.45, 7) is 3.53. The molecule has 5 heteroatoms. The largest absolute Gasteiger partial charge is 0.489 e. The highest BCUT2D eigenvalue weighted by molar-refractivity contribution is 6.08. The number of anilines is 1. The fourth-order valence-electron chi connectivity index (χ4n) is 3.26. The van der Waals surface area contributed by atoms with Gasteiger partial charge in [-0.05, 0) is 49.6 Å². The van der Waals surface area contributed by atoms with Crippen molar-refractivity contribution in [3.05, 3.63) is 59.2 Å². The third-order valence-corrected chi connectivity index (χ3v) is 4.76. The molecule has 2 aromatic carbocycles. The van der Waals surface area contributed by atoms with Crippen molar-refractivity contribution in [1.82, 2.24) is 0 Å². The zero-order chi connectivity index (χ0) is 18.6. The molecule has 140 valence electrons. The van der Waals surface area contributed by atoms with Crippen molar-refractivity contribution in [2.24, 2.45) is 0 Å². The van der Waals surface area contributed by atoms with E-state index in [1.54, 1.807) is 0 Å². The van der Waals surface area contributed by atoms with Crippen LogP contribution in [-0.4, -0.2) is 31.8 Å². The second-order valence-electron chi connectivity index (χ2n) is 6.90. The van der Waals surface area contributed by atoms with Crippen LogP contribution in [0.25, 0.3) is 6.08 Å². The number of benzene rings is 2. The maximum atomic E-state index is 12.7. The predicted molar refractivity (Wildman–Crippen MR) is 104 cm³/mol. The van der Waals surface area contributed by atoms with E-state index in [0.29, 0.717) is 23.6 Å². The molecule has 0 radical (unpaired) electrons. The molecule has 1 N–H and O–H groups in total. The number of aryl methyl sites for hydroxylation is 1. The van der Waals surface area contributed by atoms with E-state index >= 15 is 0 Å². The van der Waals surface area contributed by atoms with Gasteiger partial charge >= 0.3 is 0 Å². The lowest BCUT2D eigenvalue weighted by atomic mass is 10.1. The molecule has 1 amide bonds. The van der Waals surface area contributed by atoms with E-state index in [2.05, 4.69) is 5.32 Å². The van der Waals surface area contributed by atoms with Crippen molar-refractivity contribution in [2.75, 3.05) is 25.1 Å². The summed E-state index contributed by atoms with van der Waals surface area (Å²) < 4.78 is 17.3. The Kier molecular flexibility index (Phi) is 5.12. The van der Waals surface area contributed by atoms with Crippen LogP contribution in [0.4, 0.5) is 5.69 Å². The monoisotopic (exact) mass is 365 g/mol. The summed E-state index contributed by atoms with van der Waals surface area (Å²) in [5, 5.41) is 2.96. The number of para-hydroxylation sites is 1. The Labute approximate surface area is 158 Å². The van der Waals surface area contributed by atoms with Gasteiger partial charge in [-0.3, -0.25) is 4.79 Å². The number of rotatable bonds is 5. The lowest BCUT2D eigenvalue weighted by molar-refractivity contribution is -0.113. The van der Waals surface area contributed by atoms with Gasteiger partial charge in [0, 0.05) is 12.2 Å². The molecule has 0 aromatic heterocycles. The summed E-state index contributed by atoms with van der Waals surface area (Å²) in [6, 6.07) is 13.4. The molecule has 2 heterocycles. The molecule has 0 saturated carbocycles. The van der Waals surface area contributed by atoms with Gasteiger partial charge in [-0.25, -0.2) is 0 Å². The van der Waals surface area contributed by atoms with Gasteiger partial charge in [0.05, 0.1) is 17.4 Å². The van der Waals surface area contributed by atoms with E-state index in [0.717, 1.165) is 36.3 Å². The van der Waals surface area contributed by atoms with Crippen LogP contribution in [0.5, 0.6) is 11.5 Å². The minimum atomic E-state index is -0.185. The van der Waals surface area contributed by atoms with Crippen molar-refractivity contribution in [3.63, 3.8) is 0 Å². The Morgan fingerprint density at radius 2 is 2.15 bits per heavy atom. The van der Waals surface area contributed by atoms with Gasteiger partial charge < -0.3 is 19.5 Å². The van der Waals surface area contributed by atoms with Crippen molar-refractivity contribution in [2.45, 2.75) is 25.9 Å². The molecule has 5 nitrogen and oxygen atoms in total. The van der Waals surface area contributed by atoms with Crippen LogP contribution in [0, 0.1) is 6.92 Å². The Morgan fingerprint density at radius 1 is 1.26 bits per heavy atom. The summed E-state index contributed by atoms with van der Waals surface area (Å²) in [4.78, 5) is 12.7. The Hall–Kier alpha value is -2.79. The van der Waals surface area contributed by atoms with Crippen LogP contribution in [-0.2, 0) is 9.53 Å². The van der Waals surface area contributed by atoms with Gasteiger partial charge in [-0.1, -0.05) is 24.3 Å². The van der Waals surface area contributed by atoms with E-state index in [9.17, 15) is 4.79 Å². The van der Waals surface area contributed by atoms with Gasteiger partial charge in [0.2, 0.25) is 0 Å². The zero-order valence-corrected chi connectivity index (χ0v) is 15.4. The Bertz CT molecular complexity index is 868. The molecule has 0 aliphatic carbocycles. The first-order chi connectivity index (χ1) is 13.2. The van der Waals surface area contributed by atoms with Gasteiger partial charge in [0.1, 0.15) is 24.7 Å². The number of carbonyl (C=O) groups is 1. The predicted octanol–water partition coefficient (Wildman–Crippen LogP) is 3.97. The van der Waals surface area contributed by atoms with Gasteiger partial charge in [0.25, 0.3) is 5.91 Å². The molecule has 4 rings (SSSR count). The standard InChI is InChI=1S/C22H23NO4/c1-15-8-9-19(21(11-15)27-14-18-6-4-10-25-18)23-22(24)17-12-16-5-2-3-7-20(16)26-13-17/h2-3,5,7-9,11-12,18H,4,6,10,13-14H2,1H3,(H,23,24). The number of fused-ring (bicyclic) bond motifs is 1. The molecule has 1 fully saturated rings. The number of hydrogen-bond acceptors (Lipinski definition) is 4. The van der Waals surface area contributed by atoms with Crippen molar-refractivity contribution < 1.29 is 19.0 Å². The highest BCUT2D eigenvalue weighted by Crippen LogP contribution is 2.29. The third-order valence-electron chi connectivity index (χ3n) is 4.76. The third kappa shape index (κ3) is 4.14. The first-order valence-corrected chi connectivity index (χ1v) is 9.28. The average Bonchev–Trinajstić information content (AvgIpc) is 3.21. The molecule has 1 unspecified atom stereocenters. The van der Waals surface area contributed by atoms with Crippen LogP contribution in [0.15, 0.2) is 48.0 Å². The lowest BCUT2D eigenvalue weighted by Crippen LogP contribution is -2.22.